The number of phenolic OH excluding ortho intramolecular Hbond substituents is 2. The van der Waals surface area contributed by atoms with Gasteiger partial charge in [0, 0.05) is 4.47 Å². The van der Waals surface area contributed by atoms with Crippen LogP contribution in [0.3, 0.4) is 0 Å². The average molecular weight is 458 g/mol. The van der Waals surface area contributed by atoms with Crippen LogP contribution in [0.2, 0.25) is 0 Å². The Labute approximate surface area is 155 Å². The lowest BCUT2D eigenvalue weighted by molar-refractivity contribution is 0.0952. The van der Waals surface area contributed by atoms with E-state index < -0.39 is 5.91 Å². The van der Waals surface area contributed by atoms with Gasteiger partial charge in [0.1, 0.15) is 5.75 Å². The van der Waals surface area contributed by atoms with Gasteiger partial charge in [0.2, 0.25) is 0 Å². The summed E-state index contributed by atoms with van der Waals surface area (Å²) >= 11 is 6.42. The summed E-state index contributed by atoms with van der Waals surface area (Å²) in [5, 5.41) is 23.4. The van der Waals surface area contributed by atoms with E-state index in [1.807, 2.05) is 6.92 Å². The van der Waals surface area contributed by atoms with E-state index in [0.29, 0.717) is 26.9 Å². The Bertz CT molecular complexity index is 794. The first-order chi connectivity index (χ1) is 11.4. The van der Waals surface area contributed by atoms with Gasteiger partial charge in [-0.05, 0) is 58.7 Å². The zero-order valence-electron chi connectivity index (χ0n) is 12.6. The third kappa shape index (κ3) is 4.48. The van der Waals surface area contributed by atoms with E-state index in [1.165, 1.54) is 18.3 Å². The number of phenols is 2. The molecule has 0 fully saturated rings. The first kappa shape index (κ1) is 18.3. The molecule has 1 amide bonds. The molecule has 24 heavy (non-hydrogen) atoms. The summed E-state index contributed by atoms with van der Waals surface area (Å²) in [4.78, 5) is 12.1. The van der Waals surface area contributed by atoms with Gasteiger partial charge in [0.25, 0.3) is 5.91 Å². The minimum atomic E-state index is -0.561. The second-order valence-corrected chi connectivity index (χ2v) is 6.41. The molecule has 0 aliphatic rings. The number of hydrogen-bond acceptors (Lipinski definition) is 5. The zero-order chi connectivity index (χ0) is 17.7. The number of rotatable bonds is 5. The molecule has 0 heterocycles. The summed E-state index contributed by atoms with van der Waals surface area (Å²) < 4.78 is 6.31. The molecule has 2 aromatic rings. The minimum absolute atomic E-state index is 0.0296. The van der Waals surface area contributed by atoms with E-state index >= 15 is 0 Å². The van der Waals surface area contributed by atoms with E-state index in [9.17, 15) is 15.0 Å². The minimum Gasteiger partial charge on any atom is -0.506 e. The number of nitrogens with zero attached hydrogens (tertiary/aromatic N) is 1. The maximum Gasteiger partial charge on any atom is 0.275 e. The molecule has 0 aliphatic carbocycles. The van der Waals surface area contributed by atoms with Crippen molar-refractivity contribution in [1.29, 1.82) is 0 Å². The molecule has 6 nitrogen and oxygen atoms in total. The summed E-state index contributed by atoms with van der Waals surface area (Å²) in [5.74, 6) is -0.369. The Hall–Kier alpha value is -2.06. The number of benzene rings is 2. The molecule has 0 aliphatic heterocycles. The van der Waals surface area contributed by atoms with E-state index in [-0.39, 0.29) is 17.1 Å². The van der Waals surface area contributed by atoms with Crippen LogP contribution in [0.15, 0.2) is 44.4 Å². The molecule has 0 radical (unpaired) electrons. The summed E-state index contributed by atoms with van der Waals surface area (Å²) in [5.41, 5.74) is 3.05. The molecule has 0 unspecified atom stereocenters. The zero-order valence-corrected chi connectivity index (χ0v) is 15.8. The third-order valence-corrected chi connectivity index (χ3v) is 4.00. The van der Waals surface area contributed by atoms with Crippen LogP contribution < -0.4 is 10.2 Å². The molecular weight excluding hydrogens is 444 g/mol. The van der Waals surface area contributed by atoms with E-state index in [4.69, 9.17) is 4.74 Å². The van der Waals surface area contributed by atoms with Gasteiger partial charge >= 0.3 is 0 Å². The lowest BCUT2D eigenvalue weighted by Gasteiger charge is -2.07. The van der Waals surface area contributed by atoms with Crippen molar-refractivity contribution in [2.24, 2.45) is 5.10 Å². The lowest BCUT2D eigenvalue weighted by atomic mass is 10.2. The van der Waals surface area contributed by atoms with Crippen molar-refractivity contribution in [3.63, 3.8) is 0 Å². The Morgan fingerprint density at radius 2 is 2.04 bits per heavy atom. The molecular formula is C16H14Br2N2O4. The van der Waals surface area contributed by atoms with Gasteiger partial charge < -0.3 is 14.9 Å². The fourth-order valence-corrected chi connectivity index (χ4v) is 3.07. The second kappa shape index (κ2) is 8.16. The lowest BCUT2D eigenvalue weighted by Crippen LogP contribution is -2.17. The van der Waals surface area contributed by atoms with Gasteiger partial charge in [-0.15, -0.1) is 0 Å². The first-order valence-corrected chi connectivity index (χ1v) is 8.48. The van der Waals surface area contributed by atoms with Crippen molar-refractivity contribution in [1.82, 2.24) is 5.43 Å². The fourth-order valence-electron chi connectivity index (χ4n) is 1.85. The fraction of sp³-hybridized carbons (Fsp3) is 0.125. The van der Waals surface area contributed by atoms with Crippen LogP contribution in [0.5, 0.6) is 17.2 Å². The van der Waals surface area contributed by atoms with Gasteiger partial charge in [-0.3, -0.25) is 4.79 Å². The molecule has 126 valence electrons. The summed E-state index contributed by atoms with van der Waals surface area (Å²) in [6, 6.07) is 7.81. The van der Waals surface area contributed by atoms with Gasteiger partial charge in [-0.25, -0.2) is 5.43 Å². The van der Waals surface area contributed by atoms with Gasteiger partial charge in [0.15, 0.2) is 11.5 Å². The molecule has 0 aromatic heterocycles. The summed E-state index contributed by atoms with van der Waals surface area (Å²) in [6.45, 7) is 2.23. The Balaban J connectivity index is 2.12. The third-order valence-electron chi connectivity index (χ3n) is 2.94. The number of hydrogen-bond donors (Lipinski definition) is 3. The van der Waals surface area contributed by atoms with Crippen LogP contribution in [0.1, 0.15) is 22.8 Å². The average Bonchev–Trinajstić information content (AvgIpc) is 2.54. The highest BCUT2D eigenvalue weighted by Crippen LogP contribution is 2.31. The number of carbonyl (C=O) groups excluding carboxylic acids is 1. The number of hydrazone groups is 1. The smallest absolute Gasteiger partial charge is 0.275 e. The Kier molecular flexibility index (Phi) is 6.22. The highest BCUT2D eigenvalue weighted by molar-refractivity contribution is 9.11. The van der Waals surface area contributed by atoms with Crippen molar-refractivity contribution in [3.05, 3.63) is 50.4 Å². The normalized spacial score (nSPS) is 10.8. The number of ether oxygens (including phenoxy) is 1. The number of amides is 1. The molecule has 0 saturated heterocycles. The van der Waals surface area contributed by atoms with Crippen molar-refractivity contribution in [2.75, 3.05) is 6.61 Å². The van der Waals surface area contributed by atoms with Crippen molar-refractivity contribution >= 4 is 44.0 Å². The standard InChI is InChI=1S/C16H14Br2N2O4/c1-2-24-14-5-9(3-4-13(14)21)8-19-20-16(23)11-6-10(17)7-12(18)15(11)22/h3-8,21-22H,2H2,1H3,(H,20,23)/b19-8-. The van der Waals surface area contributed by atoms with Crippen LogP contribution in [-0.4, -0.2) is 28.9 Å². The molecule has 0 saturated carbocycles. The number of aromatic hydroxyl groups is 2. The van der Waals surface area contributed by atoms with Gasteiger partial charge in [-0.1, -0.05) is 15.9 Å². The van der Waals surface area contributed by atoms with Crippen LogP contribution >= 0.6 is 31.9 Å². The Morgan fingerprint density at radius 1 is 1.29 bits per heavy atom. The van der Waals surface area contributed by atoms with Gasteiger partial charge in [-0.2, -0.15) is 5.10 Å². The van der Waals surface area contributed by atoms with Gasteiger partial charge in [0.05, 0.1) is 22.9 Å². The molecule has 0 atom stereocenters. The highest BCUT2D eigenvalue weighted by atomic mass is 79.9. The number of nitrogens with one attached hydrogen (secondary N) is 1. The number of halogens is 2. The largest absolute Gasteiger partial charge is 0.506 e. The SMILES string of the molecule is CCOc1cc(/C=N\NC(=O)c2cc(Br)cc(Br)c2O)ccc1O. The van der Waals surface area contributed by atoms with Crippen LogP contribution in [0, 0.1) is 0 Å². The quantitative estimate of drug-likeness (QED) is 0.470. The molecule has 2 rings (SSSR count). The topological polar surface area (TPSA) is 91.2 Å². The maximum atomic E-state index is 12.1. The monoisotopic (exact) mass is 456 g/mol. The Morgan fingerprint density at radius 3 is 2.75 bits per heavy atom. The molecule has 8 heteroatoms. The van der Waals surface area contributed by atoms with Crippen LogP contribution in [0.25, 0.3) is 0 Å². The first-order valence-electron chi connectivity index (χ1n) is 6.89. The highest BCUT2D eigenvalue weighted by Gasteiger charge is 2.14. The van der Waals surface area contributed by atoms with Crippen molar-refractivity contribution in [2.45, 2.75) is 6.92 Å². The summed E-state index contributed by atoms with van der Waals surface area (Å²) in [7, 11) is 0. The maximum absolute atomic E-state index is 12.1. The summed E-state index contributed by atoms with van der Waals surface area (Å²) in [6.07, 6.45) is 1.41. The van der Waals surface area contributed by atoms with Crippen molar-refractivity contribution < 1.29 is 19.7 Å². The predicted octanol–water partition coefficient (Wildman–Crippen LogP) is 3.79. The molecule has 3 N–H and O–H groups in total. The predicted molar refractivity (Wildman–Crippen MR) is 97.8 cm³/mol. The molecule has 2 aromatic carbocycles. The van der Waals surface area contributed by atoms with E-state index in [0.717, 1.165) is 0 Å². The molecule has 0 spiro atoms. The van der Waals surface area contributed by atoms with E-state index in [1.54, 1.807) is 18.2 Å². The molecule has 0 bridgehead atoms. The van der Waals surface area contributed by atoms with Crippen LogP contribution in [-0.2, 0) is 0 Å². The number of carbonyl (C=O) groups is 1. The second-order valence-electron chi connectivity index (χ2n) is 4.64. The van der Waals surface area contributed by atoms with E-state index in [2.05, 4.69) is 42.4 Å². The van der Waals surface area contributed by atoms with Crippen LogP contribution in [0.4, 0.5) is 0 Å². The van der Waals surface area contributed by atoms with Crippen molar-refractivity contribution in [3.8, 4) is 17.2 Å².